The molecule has 0 aromatic heterocycles. The van der Waals surface area contributed by atoms with E-state index in [1.165, 1.54) is 12.8 Å². The highest BCUT2D eigenvalue weighted by Gasteiger charge is 2.42. The Hall–Kier alpha value is -0.570. The van der Waals surface area contributed by atoms with Gasteiger partial charge in [0.25, 0.3) is 0 Å². The van der Waals surface area contributed by atoms with Gasteiger partial charge in [0.05, 0.1) is 0 Å². The van der Waals surface area contributed by atoms with Gasteiger partial charge in [-0.25, -0.2) is 0 Å². The number of carboxylic acids is 1. The van der Waals surface area contributed by atoms with Crippen molar-refractivity contribution in [3.63, 3.8) is 0 Å². The van der Waals surface area contributed by atoms with E-state index in [4.69, 9.17) is 10.8 Å². The fourth-order valence-electron chi connectivity index (χ4n) is 2.91. The highest BCUT2D eigenvalue weighted by atomic mass is 16.4. The van der Waals surface area contributed by atoms with Gasteiger partial charge in [0.1, 0.15) is 6.04 Å². The first-order valence-electron chi connectivity index (χ1n) is 6.15. The largest absolute Gasteiger partial charge is 0.480 e. The fraction of sp³-hybridized carbons (Fsp3) is 0.923. The maximum Gasteiger partial charge on any atom is 0.321 e. The minimum Gasteiger partial charge on any atom is -0.480 e. The van der Waals surface area contributed by atoms with Crippen LogP contribution in [0.1, 0.15) is 53.4 Å². The zero-order valence-electron chi connectivity index (χ0n) is 10.9. The number of hydrogen-bond donors (Lipinski definition) is 2. The molecule has 0 aromatic carbocycles. The monoisotopic (exact) mass is 227 g/mol. The summed E-state index contributed by atoms with van der Waals surface area (Å²) in [5.41, 5.74) is 5.83. The second-order valence-electron chi connectivity index (χ2n) is 6.59. The van der Waals surface area contributed by atoms with Crippen LogP contribution in [0.4, 0.5) is 0 Å². The number of rotatable bonds is 3. The van der Waals surface area contributed by atoms with Crippen LogP contribution in [0.2, 0.25) is 0 Å². The molecule has 3 N–H and O–H groups in total. The van der Waals surface area contributed by atoms with Crippen LogP contribution < -0.4 is 5.73 Å². The van der Waals surface area contributed by atoms with Crippen LogP contribution in [0, 0.1) is 16.7 Å². The Morgan fingerprint density at radius 2 is 2.06 bits per heavy atom. The third kappa shape index (κ3) is 2.76. The van der Waals surface area contributed by atoms with Gasteiger partial charge in [-0.1, -0.05) is 34.1 Å². The molecule has 1 rings (SSSR count). The maximum absolute atomic E-state index is 11.0. The molecular formula is C13H25NO2. The fourth-order valence-corrected chi connectivity index (χ4v) is 2.91. The maximum atomic E-state index is 11.0. The number of aliphatic carboxylic acids is 1. The summed E-state index contributed by atoms with van der Waals surface area (Å²) in [6.45, 7) is 8.53. The van der Waals surface area contributed by atoms with E-state index in [1.54, 1.807) is 0 Å². The molecule has 16 heavy (non-hydrogen) atoms. The lowest BCUT2D eigenvalue weighted by atomic mass is 9.61. The Kier molecular flexibility index (Phi) is 3.68. The summed E-state index contributed by atoms with van der Waals surface area (Å²) in [4.78, 5) is 11.0. The van der Waals surface area contributed by atoms with Crippen LogP contribution in [0.3, 0.4) is 0 Å². The lowest BCUT2D eigenvalue weighted by molar-refractivity contribution is -0.143. The van der Waals surface area contributed by atoms with E-state index >= 15 is 0 Å². The van der Waals surface area contributed by atoms with Crippen LogP contribution in [-0.2, 0) is 4.79 Å². The highest BCUT2D eigenvalue weighted by molar-refractivity contribution is 5.74. The Bertz CT molecular complexity index is 271. The number of hydrogen-bond acceptors (Lipinski definition) is 2. The molecule has 0 aromatic rings. The van der Waals surface area contributed by atoms with Crippen molar-refractivity contribution in [3.05, 3.63) is 0 Å². The Labute approximate surface area is 98.4 Å². The summed E-state index contributed by atoms with van der Waals surface area (Å²) in [7, 11) is 0. The van der Waals surface area contributed by atoms with Crippen molar-refractivity contribution in [2.45, 2.75) is 59.4 Å². The van der Waals surface area contributed by atoms with Gasteiger partial charge in [-0.05, 0) is 36.0 Å². The summed E-state index contributed by atoms with van der Waals surface area (Å²) in [5, 5.41) is 9.05. The van der Waals surface area contributed by atoms with Crippen molar-refractivity contribution in [1.29, 1.82) is 0 Å². The molecule has 0 radical (unpaired) electrons. The molecule has 0 spiro atoms. The Morgan fingerprint density at radius 1 is 1.50 bits per heavy atom. The molecule has 1 aliphatic rings. The highest BCUT2D eigenvalue weighted by Crippen LogP contribution is 2.47. The molecular weight excluding hydrogens is 202 g/mol. The normalized spacial score (nSPS) is 27.4. The lowest BCUT2D eigenvalue weighted by Gasteiger charge is -2.45. The van der Waals surface area contributed by atoms with E-state index in [1.807, 2.05) is 13.8 Å². The zero-order chi connectivity index (χ0) is 12.6. The van der Waals surface area contributed by atoms with Gasteiger partial charge in [0.2, 0.25) is 0 Å². The molecule has 0 bridgehead atoms. The van der Waals surface area contributed by atoms with Crippen molar-refractivity contribution >= 4 is 5.97 Å². The quantitative estimate of drug-likeness (QED) is 0.779. The van der Waals surface area contributed by atoms with Crippen LogP contribution in [0.5, 0.6) is 0 Å². The van der Waals surface area contributed by atoms with E-state index in [9.17, 15) is 4.79 Å². The van der Waals surface area contributed by atoms with Crippen molar-refractivity contribution in [1.82, 2.24) is 0 Å². The predicted molar refractivity (Wildman–Crippen MR) is 65.1 cm³/mol. The van der Waals surface area contributed by atoms with E-state index < -0.39 is 12.0 Å². The molecule has 2 unspecified atom stereocenters. The molecule has 94 valence electrons. The minimum absolute atomic E-state index is 0.316. The van der Waals surface area contributed by atoms with Crippen LogP contribution in [-0.4, -0.2) is 17.1 Å². The van der Waals surface area contributed by atoms with Gasteiger partial charge >= 0.3 is 5.97 Å². The average molecular weight is 227 g/mol. The van der Waals surface area contributed by atoms with Gasteiger partial charge in [-0.15, -0.1) is 0 Å². The van der Waals surface area contributed by atoms with E-state index in [0.717, 1.165) is 12.8 Å². The van der Waals surface area contributed by atoms with Gasteiger partial charge in [0, 0.05) is 0 Å². The molecule has 0 amide bonds. The number of carboxylic acid groups (broad SMARTS) is 1. The van der Waals surface area contributed by atoms with Crippen molar-refractivity contribution < 1.29 is 9.90 Å². The smallest absolute Gasteiger partial charge is 0.321 e. The van der Waals surface area contributed by atoms with Crippen LogP contribution >= 0.6 is 0 Å². The molecule has 0 saturated heterocycles. The molecule has 1 fully saturated rings. The molecule has 2 atom stereocenters. The van der Waals surface area contributed by atoms with Gasteiger partial charge in [-0.3, -0.25) is 4.79 Å². The molecule has 0 heterocycles. The van der Waals surface area contributed by atoms with Crippen molar-refractivity contribution in [2.24, 2.45) is 22.5 Å². The Morgan fingerprint density at radius 3 is 2.50 bits per heavy atom. The third-order valence-electron chi connectivity index (χ3n) is 4.32. The summed E-state index contributed by atoms with van der Waals surface area (Å²) >= 11 is 0. The molecule has 1 saturated carbocycles. The first-order chi connectivity index (χ1) is 7.17. The first kappa shape index (κ1) is 13.5. The van der Waals surface area contributed by atoms with Gasteiger partial charge < -0.3 is 10.8 Å². The number of carbonyl (C=O) groups is 1. The third-order valence-corrected chi connectivity index (χ3v) is 4.32. The second-order valence-corrected chi connectivity index (χ2v) is 6.59. The molecule has 3 nitrogen and oxygen atoms in total. The summed E-state index contributed by atoms with van der Waals surface area (Å²) < 4.78 is 0. The molecule has 1 aliphatic carbocycles. The molecule has 0 aliphatic heterocycles. The first-order valence-corrected chi connectivity index (χ1v) is 6.15. The van der Waals surface area contributed by atoms with Gasteiger partial charge in [0.15, 0.2) is 0 Å². The van der Waals surface area contributed by atoms with Crippen molar-refractivity contribution in [3.8, 4) is 0 Å². The average Bonchev–Trinajstić information content (AvgIpc) is 2.14. The Balaban J connectivity index is 2.79. The zero-order valence-corrected chi connectivity index (χ0v) is 10.9. The van der Waals surface area contributed by atoms with Crippen molar-refractivity contribution in [2.75, 3.05) is 0 Å². The van der Waals surface area contributed by atoms with Crippen LogP contribution in [0.15, 0.2) is 0 Å². The summed E-state index contributed by atoms with van der Waals surface area (Å²) in [6, 6.07) is -0.758. The van der Waals surface area contributed by atoms with E-state index in [0.29, 0.717) is 11.3 Å². The van der Waals surface area contributed by atoms with Gasteiger partial charge in [-0.2, -0.15) is 0 Å². The summed E-state index contributed by atoms with van der Waals surface area (Å²) in [5.74, 6) is -0.462. The molecule has 3 heteroatoms. The van der Waals surface area contributed by atoms with Crippen LogP contribution in [0.25, 0.3) is 0 Å². The second kappa shape index (κ2) is 4.36. The predicted octanol–water partition coefficient (Wildman–Crippen LogP) is 2.64. The summed E-state index contributed by atoms with van der Waals surface area (Å²) in [6.07, 6.45) is 4.62. The SMILES string of the molecule is CC1(C)CCCC(C(C)(C)C(N)C(=O)O)C1. The number of nitrogens with two attached hydrogens (primary N) is 1. The topological polar surface area (TPSA) is 63.3 Å². The minimum atomic E-state index is -0.881. The standard InChI is InChI=1S/C13H25NO2/c1-12(2)7-5-6-9(8-12)13(3,4)10(14)11(15)16/h9-10H,5-8,14H2,1-4H3,(H,15,16). The van der Waals surface area contributed by atoms with E-state index in [2.05, 4.69) is 13.8 Å². The lowest BCUT2D eigenvalue weighted by Crippen LogP contribution is -2.49. The van der Waals surface area contributed by atoms with E-state index in [-0.39, 0.29) is 5.41 Å².